The molecule has 2 amide bonds. The summed E-state index contributed by atoms with van der Waals surface area (Å²) >= 11 is 0. The molecule has 1 aromatic carbocycles. The summed E-state index contributed by atoms with van der Waals surface area (Å²) in [4.78, 5) is 35.2. The van der Waals surface area contributed by atoms with Crippen molar-refractivity contribution < 1.29 is 9.53 Å². The molecular weight excluding hydrogens is 444 g/mol. The van der Waals surface area contributed by atoms with Gasteiger partial charge in [-0.2, -0.15) is 0 Å². The van der Waals surface area contributed by atoms with E-state index in [-0.39, 0.29) is 12.1 Å². The van der Waals surface area contributed by atoms with E-state index in [4.69, 9.17) is 14.7 Å². The lowest BCUT2D eigenvalue weighted by Gasteiger charge is -2.38. The SMILES string of the molecule is CNC(=O)Nc1ccc(-c2nc3c(c(N4CCOCC4C)n2)CCN(c2ccnc(C)n2)C3)cc1. The van der Waals surface area contributed by atoms with Crippen LogP contribution in [0.25, 0.3) is 11.4 Å². The third-order valence-electron chi connectivity index (χ3n) is 6.40. The molecule has 10 nitrogen and oxygen atoms in total. The van der Waals surface area contributed by atoms with Crippen molar-refractivity contribution >= 4 is 23.4 Å². The first-order valence-electron chi connectivity index (χ1n) is 11.9. The Labute approximate surface area is 204 Å². The number of fused-ring (bicyclic) bond motifs is 1. The summed E-state index contributed by atoms with van der Waals surface area (Å²) < 4.78 is 5.69. The number of aromatic nitrogens is 4. The van der Waals surface area contributed by atoms with Crippen molar-refractivity contribution in [2.45, 2.75) is 32.9 Å². The number of hydrogen-bond acceptors (Lipinski definition) is 8. The molecule has 1 unspecified atom stereocenters. The van der Waals surface area contributed by atoms with E-state index in [2.05, 4.69) is 37.3 Å². The van der Waals surface area contributed by atoms with Gasteiger partial charge in [0, 0.05) is 43.1 Å². The summed E-state index contributed by atoms with van der Waals surface area (Å²) in [6, 6.07) is 9.52. The lowest BCUT2D eigenvalue weighted by molar-refractivity contribution is 0.0984. The first kappa shape index (κ1) is 23.0. The van der Waals surface area contributed by atoms with Gasteiger partial charge in [-0.1, -0.05) is 0 Å². The standard InChI is InChI=1S/C25H30N8O2/c1-16-15-35-13-12-33(16)24-20-9-11-32(22-8-10-27-17(2)28-22)14-21(20)30-23(31-24)18-4-6-19(7-5-18)29-25(34)26-3/h4-8,10,16H,9,11-15H2,1-3H3,(H2,26,29,34). The molecular formula is C25H30N8O2. The molecule has 0 bridgehead atoms. The van der Waals surface area contributed by atoms with Crippen molar-refractivity contribution in [3.63, 3.8) is 0 Å². The highest BCUT2D eigenvalue weighted by atomic mass is 16.5. The number of carbonyl (C=O) groups excluding carboxylic acids is 1. The Morgan fingerprint density at radius 3 is 2.69 bits per heavy atom. The number of nitrogens with one attached hydrogen (secondary N) is 2. The molecule has 182 valence electrons. The van der Waals surface area contributed by atoms with E-state index in [1.807, 2.05) is 37.3 Å². The molecule has 4 heterocycles. The van der Waals surface area contributed by atoms with Crippen LogP contribution < -0.4 is 20.4 Å². The van der Waals surface area contributed by atoms with Gasteiger partial charge < -0.3 is 25.2 Å². The van der Waals surface area contributed by atoms with Crippen molar-refractivity contribution in [3.05, 3.63) is 53.6 Å². The van der Waals surface area contributed by atoms with E-state index in [1.165, 1.54) is 5.56 Å². The van der Waals surface area contributed by atoms with E-state index in [1.54, 1.807) is 13.2 Å². The maximum atomic E-state index is 11.6. The molecule has 3 aromatic rings. The molecule has 2 aromatic heterocycles. The van der Waals surface area contributed by atoms with Gasteiger partial charge in [0.25, 0.3) is 0 Å². The molecule has 5 rings (SSSR count). The normalized spacial score (nSPS) is 17.6. The van der Waals surface area contributed by atoms with Crippen molar-refractivity contribution in [1.82, 2.24) is 25.3 Å². The molecule has 0 spiro atoms. The summed E-state index contributed by atoms with van der Waals surface area (Å²) in [5, 5.41) is 5.34. The fourth-order valence-electron chi connectivity index (χ4n) is 4.53. The number of morpholine rings is 1. The van der Waals surface area contributed by atoms with E-state index in [9.17, 15) is 4.79 Å². The van der Waals surface area contributed by atoms with Crippen LogP contribution in [-0.2, 0) is 17.7 Å². The van der Waals surface area contributed by atoms with Gasteiger partial charge in [0.05, 0.1) is 31.5 Å². The van der Waals surface area contributed by atoms with Gasteiger partial charge in [0.15, 0.2) is 5.82 Å². The molecule has 2 N–H and O–H groups in total. The highest BCUT2D eigenvalue weighted by Gasteiger charge is 2.29. The number of anilines is 3. The molecule has 10 heteroatoms. The zero-order valence-corrected chi connectivity index (χ0v) is 20.3. The lowest BCUT2D eigenvalue weighted by Crippen LogP contribution is -2.45. The monoisotopic (exact) mass is 474 g/mol. The van der Waals surface area contributed by atoms with E-state index in [0.717, 1.165) is 48.2 Å². The molecule has 1 saturated heterocycles. The van der Waals surface area contributed by atoms with Crippen LogP contribution in [0.3, 0.4) is 0 Å². The van der Waals surface area contributed by atoms with E-state index in [0.29, 0.717) is 31.3 Å². The quantitative estimate of drug-likeness (QED) is 0.594. The fraction of sp³-hybridized carbons (Fsp3) is 0.400. The zero-order valence-electron chi connectivity index (χ0n) is 20.3. The molecule has 0 aliphatic carbocycles. The largest absolute Gasteiger partial charge is 0.377 e. The molecule has 1 atom stereocenters. The van der Waals surface area contributed by atoms with Crippen molar-refractivity contribution in [3.8, 4) is 11.4 Å². The number of amides is 2. The van der Waals surface area contributed by atoms with Crippen molar-refractivity contribution in [2.75, 3.05) is 48.5 Å². The van der Waals surface area contributed by atoms with Gasteiger partial charge in [0.2, 0.25) is 0 Å². The Kier molecular flexibility index (Phi) is 6.45. The number of aryl methyl sites for hydroxylation is 1. The van der Waals surface area contributed by atoms with E-state index >= 15 is 0 Å². The Morgan fingerprint density at radius 2 is 1.94 bits per heavy atom. The summed E-state index contributed by atoms with van der Waals surface area (Å²) in [5.41, 5.74) is 3.81. The van der Waals surface area contributed by atoms with Crippen LogP contribution in [0, 0.1) is 6.92 Å². The molecule has 2 aliphatic heterocycles. The molecule has 1 fully saturated rings. The fourth-order valence-corrected chi connectivity index (χ4v) is 4.53. The third-order valence-corrected chi connectivity index (χ3v) is 6.40. The third kappa shape index (κ3) is 4.88. The predicted octanol–water partition coefficient (Wildman–Crippen LogP) is 2.78. The van der Waals surface area contributed by atoms with Crippen LogP contribution in [0.4, 0.5) is 22.1 Å². The van der Waals surface area contributed by atoms with Gasteiger partial charge in [-0.15, -0.1) is 0 Å². The molecule has 0 saturated carbocycles. The zero-order chi connectivity index (χ0) is 24.4. The number of hydrogen-bond donors (Lipinski definition) is 2. The van der Waals surface area contributed by atoms with Crippen LogP contribution in [0.1, 0.15) is 24.0 Å². The second-order valence-corrected chi connectivity index (χ2v) is 8.83. The minimum atomic E-state index is -0.258. The summed E-state index contributed by atoms with van der Waals surface area (Å²) in [6.07, 6.45) is 2.64. The topological polar surface area (TPSA) is 108 Å². The Hall–Kier alpha value is -3.79. The Balaban J connectivity index is 1.52. The number of nitrogens with zero attached hydrogens (tertiary/aromatic N) is 6. The molecule has 2 aliphatic rings. The maximum absolute atomic E-state index is 11.6. The second kappa shape index (κ2) is 9.83. The van der Waals surface area contributed by atoms with Crippen LogP contribution in [0.2, 0.25) is 0 Å². The maximum Gasteiger partial charge on any atom is 0.318 e. The van der Waals surface area contributed by atoms with Gasteiger partial charge in [-0.05, 0) is 50.6 Å². The van der Waals surface area contributed by atoms with Crippen molar-refractivity contribution in [1.29, 1.82) is 0 Å². The van der Waals surface area contributed by atoms with Gasteiger partial charge in [-0.3, -0.25) is 0 Å². The van der Waals surface area contributed by atoms with Crippen molar-refractivity contribution in [2.24, 2.45) is 0 Å². The van der Waals surface area contributed by atoms with E-state index < -0.39 is 0 Å². The minimum absolute atomic E-state index is 0.234. The van der Waals surface area contributed by atoms with Crippen LogP contribution in [0.5, 0.6) is 0 Å². The summed E-state index contributed by atoms with van der Waals surface area (Å²) in [7, 11) is 1.59. The van der Waals surface area contributed by atoms with Crippen LogP contribution in [0.15, 0.2) is 36.5 Å². The Bertz CT molecular complexity index is 1220. The first-order chi connectivity index (χ1) is 17.0. The number of urea groups is 1. The highest BCUT2D eigenvalue weighted by molar-refractivity contribution is 5.89. The van der Waals surface area contributed by atoms with Crippen LogP contribution >= 0.6 is 0 Å². The molecule has 35 heavy (non-hydrogen) atoms. The number of rotatable bonds is 4. The highest BCUT2D eigenvalue weighted by Crippen LogP contribution is 2.32. The summed E-state index contributed by atoms with van der Waals surface area (Å²) in [5.74, 6) is 3.33. The number of carbonyl (C=O) groups is 1. The first-order valence-corrected chi connectivity index (χ1v) is 11.9. The lowest BCUT2D eigenvalue weighted by atomic mass is 10.0. The van der Waals surface area contributed by atoms with Crippen LogP contribution in [-0.4, -0.2) is 65.4 Å². The smallest absolute Gasteiger partial charge is 0.318 e. The van der Waals surface area contributed by atoms with Gasteiger partial charge >= 0.3 is 6.03 Å². The number of benzene rings is 1. The average molecular weight is 475 g/mol. The van der Waals surface area contributed by atoms with Gasteiger partial charge in [0.1, 0.15) is 17.5 Å². The average Bonchev–Trinajstić information content (AvgIpc) is 2.88. The van der Waals surface area contributed by atoms with Gasteiger partial charge in [-0.25, -0.2) is 24.7 Å². The minimum Gasteiger partial charge on any atom is -0.377 e. The second-order valence-electron chi connectivity index (χ2n) is 8.83. The Morgan fingerprint density at radius 1 is 1.11 bits per heavy atom. The summed E-state index contributed by atoms with van der Waals surface area (Å²) in [6.45, 7) is 7.74. The molecule has 0 radical (unpaired) electrons. The number of ether oxygens (including phenoxy) is 1. The predicted molar refractivity (Wildman–Crippen MR) is 135 cm³/mol.